The Morgan fingerprint density at radius 1 is 1.07 bits per heavy atom. The molecular weight excluding hydrogens is 344 g/mol. The molecule has 1 amide bonds. The molecule has 0 saturated carbocycles. The first-order valence-corrected chi connectivity index (χ1v) is 8.63. The Labute approximate surface area is 158 Å². The van der Waals surface area contributed by atoms with E-state index in [1.807, 2.05) is 37.3 Å². The number of nitrogens with zero attached hydrogens (tertiary/aromatic N) is 1. The van der Waals surface area contributed by atoms with Crippen molar-refractivity contribution in [1.82, 2.24) is 10.3 Å². The van der Waals surface area contributed by atoms with Gasteiger partial charge in [-0.2, -0.15) is 0 Å². The average Bonchev–Trinajstić information content (AvgIpc) is 3.08. The second kappa shape index (κ2) is 8.40. The summed E-state index contributed by atoms with van der Waals surface area (Å²) in [6.07, 6.45) is 0.540. The summed E-state index contributed by atoms with van der Waals surface area (Å²) >= 11 is 0. The van der Waals surface area contributed by atoms with E-state index in [1.54, 1.807) is 32.4 Å². The van der Waals surface area contributed by atoms with Crippen molar-refractivity contribution in [1.29, 1.82) is 0 Å². The number of carbonyl (C=O) groups is 1. The quantitative estimate of drug-likeness (QED) is 0.691. The minimum Gasteiger partial charge on any atom is -0.497 e. The average molecular weight is 366 g/mol. The number of aromatic nitrogens is 1. The van der Waals surface area contributed by atoms with Gasteiger partial charge in [0.05, 0.1) is 14.2 Å². The van der Waals surface area contributed by atoms with Crippen molar-refractivity contribution in [3.05, 3.63) is 65.7 Å². The Hall–Kier alpha value is -3.28. The van der Waals surface area contributed by atoms with Gasteiger partial charge in [0.1, 0.15) is 23.0 Å². The molecule has 0 aliphatic heterocycles. The second-order valence-electron chi connectivity index (χ2n) is 5.98. The highest BCUT2D eigenvalue weighted by atomic mass is 16.5. The van der Waals surface area contributed by atoms with E-state index >= 15 is 0 Å². The lowest BCUT2D eigenvalue weighted by molar-refractivity contribution is 0.0953. The number of oxazole rings is 1. The number of rotatable bonds is 7. The number of amides is 1. The van der Waals surface area contributed by atoms with Gasteiger partial charge in [-0.3, -0.25) is 4.79 Å². The first kappa shape index (κ1) is 18.5. The third-order valence-corrected chi connectivity index (χ3v) is 4.10. The lowest BCUT2D eigenvalue weighted by Gasteiger charge is -2.09. The van der Waals surface area contributed by atoms with Gasteiger partial charge >= 0.3 is 0 Å². The Kier molecular flexibility index (Phi) is 5.76. The number of ether oxygens (including phenoxy) is 2. The normalized spacial score (nSPS) is 10.5. The largest absolute Gasteiger partial charge is 0.497 e. The number of hydrogen-bond donors (Lipinski definition) is 1. The smallest absolute Gasteiger partial charge is 0.251 e. The van der Waals surface area contributed by atoms with Crippen molar-refractivity contribution >= 4 is 5.91 Å². The number of methoxy groups -OCH3 is 2. The molecule has 0 saturated heterocycles. The zero-order valence-corrected chi connectivity index (χ0v) is 15.6. The van der Waals surface area contributed by atoms with Gasteiger partial charge in [0.25, 0.3) is 5.91 Å². The van der Waals surface area contributed by atoms with Crippen LogP contribution in [0.4, 0.5) is 0 Å². The maximum atomic E-state index is 12.5. The molecule has 6 heteroatoms. The summed E-state index contributed by atoms with van der Waals surface area (Å²) in [6.45, 7) is 2.24. The van der Waals surface area contributed by atoms with Crippen LogP contribution in [0.25, 0.3) is 11.3 Å². The van der Waals surface area contributed by atoms with E-state index in [1.165, 1.54) is 0 Å². The first-order chi connectivity index (χ1) is 13.1. The fourth-order valence-electron chi connectivity index (χ4n) is 2.79. The van der Waals surface area contributed by atoms with Crippen LogP contribution < -0.4 is 14.8 Å². The molecule has 1 aromatic heterocycles. The number of nitrogens with one attached hydrogen (secondary N) is 1. The van der Waals surface area contributed by atoms with Crippen molar-refractivity contribution in [3.8, 4) is 22.8 Å². The van der Waals surface area contributed by atoms with Crippen molar-refractivity contribution < 1.29 is 18.7 Å². The van der Waals surface area contributed by atoms with Crippen molar-refractivity contribution in [2.24, 2.45) is 0 Å². The minimum atomic E-state index is -0.204. The molecule has 1 heterocycles. The topological polar surface area (TPSA) is 73.6 Å². The SMILES string of the molecule is COc1cc(OC)cc(C(=O)NCCc2oc(C)nc2-c2ccccc2)c1. The number of hydrogen-bond acceptors (Lipinski definition) is 5. The molecule has 140 valence electrons. The fraction of sp³-hybridized carbons (Fsp3) is 0.238. The molecule has 0 atom stereocenters. The number of aryl methyl sites for hydroxylation is 1. The first-order valence-electron chi connectivity index (χ1n) is 8.63. The van der Waals surface area contributed by atoms with Crippen LogP contribution in [0, 0.1) is 6.92 Å². The highest BCUT2D eigenvalue weighted by molar-refractivity contribution is 5.95. The fourth-order valence-corrected chi connectivity index (χ4v) is 2.79. The van der Waals surface area contributed by atoms with Crippen LogP contribution in [0.5, 0.6) is 11.5 Å². The van der Waals surface area contributed by atoms with E-state index < -0.39 is 0 Å². The van der Waals surface area contributed by atoms with Crippen LogP contribution in [0.2, 0.25) is 0 Å². The molecule has 1 N–H and O–H groups in total. The minimum absolute atomic E-state index is 0.204. The molecule has 6 nitrogen and oxygen atoms in total. The third kappa shape index (κ3) is 4.47. The van der Waals surface area contributed by atoms with Gasteiger partial charge in [-0.05, 0) is 12.1 Å². The summed E-state index contributed by atoms with van der Waals surface area (Å²) in [5, 5.41) is 2.90. The molecule has 3 aromatic rings. The summed E-state index contributed by atoms with van der Waals surface area (Å²) in [7, 11) is 3.10. The van der Waals surface area contributed by atoms with E-state index in [0.717, 1.165) is 17.0 Å². The van der Waals surface area contributed by atoms with Gasteiger partial charge in [0.15, 0.2) is 5.89 Å². The van der Waals surface area contributed by atoms with Gasteiger partial charge in [-0.15, -0.1) is 0 Å². The van der Waals surface area contributed by atoms with Gasteiger partial charge in [0.2, 0.25) is 0 Å². The van der Waals surface area contributed by atoms with E-state index in [0.29, 0.717) is 35.9 Å². The number of carbonyl (C=O) groups excluding carboxylic acids is 1. The van der Waals surface area contributed by atoms with Crippen LogP contribution >= 0.6 is 0 Å². The van der Waals surface area contributed by atoms with Crippen molar-refractivity contribution in [3.63, 3.8) is 0 Å². The van der Waals surface area contributed by atoms with E-state index in [4.69, 9.17) is 13.9 Å². The van der Waals surface area contributed by atoms with Crippen molar-refractivity contribution in [2.45, 2.75) is 13.3 Å². The Bertz CT molecular complexity index is 897. The maximum absolute atomic E-state index is 12.5. The molecule has 0 unspecified atom stereocenters. The van der Waals surface area contributed by atoms with Crippen LogP contribution in [0.15, 0.2) is 52.9 Å². The Balaban J connectivity index is 1.68. The predicted octanol–water partition coefficient (Wildman–Crippen LogP) is 3.64. The summed E-state index contributed by atoms with van der Waals surface area (Å²) in [5.74, 6) is 2.29. The van der Waals surface area contributed by atoms with Gasteiger partial charge in [0, 0.05) is 37.1 Å². The molecule has 27 heavy (non-hydrogen) atoms. The van der Waals surface area contributed by atoms with Gasteiger partial charge in [-0.1, -0.05) is 30.3 Å². The summed E-state index contributed by atoms with van der Waals surface area (Å²) < 4.78 is 16.1. The van der Waals surface area contributed by atoms with Crippen molar-refractivity contribution in [2.75, 3.05) is 20.8 Å². The lowest BCUT2D eigenvalue weighted by Crippen LogP contribution is -2.25. The van der Waals surface area contributed by atoms with Crippen LogP contribution in [-0.2, 0) is 6.42 Å². The molecule has 0 bridgehead atoms. The second-order valence-corrected chi connectivity index (χ2v) is 5.98. The standard InChI is InChI=1S/C21H22N2O4/c1-14-23-20(15-7-5-4-6-8-15)19(27-14)9-10-22-21(24)16-11-17(25-2)13-18(12-16)26-3/h4-8,11-13H,9-10H2,1-3H3,(H,22,24). The molecule has 0 radical (unpaired) electrons. The van der Waals surface area contributed by atoms with Crippen LogP contribution in [0.3, 0.4) is 0 Å². The van der Waals surface area contributed by atoms with Crippen LogP contribution in [-0.4, -0.2) is 31.7 Å². The monoisotopic (exact) mass is 366 g/mol. The highest BCUT2D eigenvalue weighted by Crippen LogP contribution is 2.24. The number of benzene rings is 2. The third-order valence-electron chi connectivity index (χ3n) is 4.10. The molecule has 3 rings (SSSR count). The molecule has 0 aliphatic carbocycles. The Morgan fingerprint density at radius 2 is 1.74 bits per heavy atom. The summed E-state index contributed by atoms with van der Waals surface area (Å²) in [6, 6.07) is 14.9. The molecule has 0 fully saturated rings. The summed E-state index contributed by atoms with van der Waals surface area (Å²) in [4.78, 5) is 16.9. The maximum Gasteiger partial charge on any atom is 0.251 e. The van der Waals surface area contributed by atoms with E-state index in [2.05, 4.69) is 10.3 Å². The zero-order valence-electron chi connectivity index (χ0n) is 15.6. The van der Waals surface area contributed by atoms with Gasteiger partial charge < -0.3 is 19.2 Å². The van der Waals surface area contributed by atoms with Crippen LogP contribution in [0.1, 0.15) is 22.0 Å². The molecule has 2 aromatic carbocycles. The molecular formula is C21H22N2O4. The van der Waals surface area contributed by atoms with Gasteiger partial charge in [-0.25, -0.2) is 4.98 Å². The highest BCUT2D eigenvalue weighted by Gasteiger charge is 2.14. The zero-order chi connectivity index (χ0) is 19.2. The van der Waals surface area contributed by atoms with E-state index in [9.17, 15) is 4.79 Å². The van der Waals surface area contributed by atoms with E-state index in [-0.39, 0.29) is 5.91 Å². The lowest BCUT2D eigenvalue weighted by atomic mass is 10.1. The summed E-state index contributed by atoms with van der Waals surface area (Å²) in [5.41, 5.74) is 2.28. The molecule has 0 spiro atoms. The predicted molar refractivity (Wildman–Crippen MR) is 102 cm³/mol. The molecule has 0 aliphatic rings. The Morgan fingerprint density at radius 3 is 2.37 bits per heavy atom.